The third-order valence-corrected chi connectivity index (χ3v) is 2.15. The Kier molecular flexibility index (Phi) is 2.03. The van der Waals surface area contributed by atoms with Crippen LogP contribution in [0.3, 0.4) is 0 Å². The van der Waals surface area contributed by atoms with Crippen molar-refractivity contribution in [1.82, 2.24) is 0 Å². The highest BCUT2D eigenvalue weighted by molar-refractivity contribution is 6.11. The van der Waals surface area contributed by atoms with Gasteiger partial charge in [0, 0.05) is 12.0 Å². The van der Waals surface area contributed by atoms with E-state index in [1.54, 1.807) is 0 Å². The zero-order valence-electron chi connectivity index (χ0n) is 6.50. The standard InChI is InChI=1S/C6H14BNO2/c1-6(3-9)4(8)2-5(7)10-6/h4-5,9H,2-3,7-8H2,1H3/t4?,5-,6?/m1/s1. The number of hydrogen-bond donors (Lipinski definition) is 2. The molecule has 3 nitrogen and oxygen atoms in total. The predicted molar refractivity (Wildman–Crippen MR) is 41.5 cm³/mol. The van der Waals surface area contributed by atoms with Gasteiger partial charge in [-0.05, 0) is 13.3 Å². The fourth-order valence-electron chi connectivity index (χ4n) is 1.36. The summed E-state index contributed by atoms with van der Waals surface area (Å²) in [5.41, 5.74) is 5.23. The van der Waals surface area contributed by atoms with Crippen molar-refractivity contribution in [3.63, 3.8) is 0 Å². The average Bonchev–Trinajstić information content (AvgIpc) is 2.09. The van der Waals surface area contributed by atoms with E-state index < -0.39 is 5.60 Å². The lowest BCUT2D eigenvalue weighted by Crippen LogP contribution is -2.45. The first kappa shape index (κ1) is 8.05. The molecule has 0 aliphatic carbocycles. The molecule has 1 heterocycles. The summed E-state index contributed by atoms with van der Waals surface area (Å²) in [5, 5.41) is 8.91. The molecular weight excluding hydrogens is 129 g/mol. The van der Waals surface area contributed by atoms with Crippen LogP contribution in [-0.4, -0.2) is 37.2 Å². The smallest absolute Gasteiger partial charge is 0.139 e. The molecule has 0 aromatic rings. The molecule has 1 saturated heterocycles. The second kappa shape index (κ2) is 2.53. The van der Waals surface area contributed by atoms with Crippen molar-refractivity contribution in [2.45, 2.75) is 31.0 Å². The van der Waals surface area contributed by atoms with Crippen LogP contribution >= 0.6 is 0 Å². The Morgan fingerprint density at radius 1 is 1.90 bits per heavy atom. The van der Waals surface area contributed by atoms with Crippen LogP contribution in [0.2, 0.25) is 0 Å². The van der Waals surface area contributed by atoms with E-state index in [2.05, 4.69) is 0 Å². The molecule has 0 aromatic carbocycles. The zero-order valence-corrected chi connectivity index (χ0v) is 6.50. The predicted octanol–water partition coefficient (Wildman–Crippen LogP) is -1.56. The molecule has 1 aliphatic rings. The number of ether oxygens (including phenoxy) is 1. The molecule has 10 heavy (non-hydrogen) atoms. The molecule has 1 rings (SSSR count). The first-order chi connectivity index (χ1) is 4.58. The number of aliphatic hydroxyl groups is 1. The molecule has 1 fully saturated rings. The minimum absolute atomic E-state index is 0.0124. The van der Waals surface area contributed by atoms with E-state index in [9.17, 15) is 0 Å². The lowest BCUT2D eigenvalue weighted by molar-refractivity contribution is -0.0432. The lowest BCUT2D eigenvalue weighted by atomic mass is 9.92. The summed E-state index contributed by atoms with van der Waals surface area (Å²) in [6.07, 6.45) is 0.844. The summed E-state index contributed by atoms with van der Waals surface area (Å²) in [5.74, 6) is 0. The van der Waals surface area contributed by atoms with Crippen molar-refractivity contribution in [1.29, 1.82) is 0 Å². The van der Waals surface area contributed by atoms with E-state index in [1.165, 1.54) is 0 Å². The highest BCUT2D eigenvalue weighted by Crippen LogP contribution is 2.26. The summed E-state index contributed by atoms with van der Waals surface area (Å²) in [6, 6.07) is 0.166. The van der Waals surface area contributed by atoms with E-state index in [4.69, 9.17) is 15.6 Å². The van der Waals surface area contributed by atoms with Crippen LogP contribution in [0.5, 0.6) is 0 Å². The van der Waals surface area contributed by atoms with Crippen LogP contribution in [0.15, 0.2) is 0 Å². The summed E-state index contributed by atoms with van der Waals surface area (Å²) in [4.78, 5) is 0. The van der Waals surface area contributed by atoms with Gasteiger partial charge in [0.05, 0.1) is 6.61 Å². The van der Waals surface area contributed by atoms with Crippen LogP contribution in [0.4, 0.5) is 0 Å². The summed E-state index contributed by atoms with van der Waals surface area (Å²) in [7, 11) is 1.97. The van der Waals surface area contributed by atoms with Gasteiger partial charge in [0.1, 0.15) is 13.4 Å². The second-order valence-corrected chi connectivity index (χ2v) is 3.24. The minimum atomic E-state index is -0.501. The SMILES string of the molecule is B[C@H]1CC(N)C(C)(CO)O1. The summed E-state index contributed by atoms with van der Waals surface area (Å²) < 4.78 is 5.44. The van der Waals surface area contributed by atoms with Gasteiger partial charge in [0.15, 0.2) is 0 Å². The monoisotopic (exact) mass is 143 g/mol. The molecular formula is C6H14BNO2. The van der Waals surface area contributed by atoms with E-state index in [-0.39, 0.29) is 18.7 Å². The maximum absolute atomic E-state index is 8.91. The first-order valence-corrected chi connectivity index (χ1v) is 3.63. The molecule has 0 amide bonds. The highest BCUT2D eigenvalue weighted by Gasteiger charge is 2.40. The maximum atomic E-state index is 8.91. The zero-order chi connectivity index (χ0) is 7.78. The van der Waals surface area contributed by atoms with Crippen LogP contribution < -0.4 is 5.73 Å². The van der Waals surface area contributed by atoms with Gasteiger partial charge >= 0.3 is 0 Å². The molecule has 2 unspecified atom stereocenters. The van der Waals surface area contributed by atoms with Crippen molar-refractivity contribution >= 4 is 7.85 Å². The van der Waals surface area contributed by atoms with Crippen molar-refractivity contribution in [2.75, 3.05) is 6.61 Å². The number of aliphatic hydroxyl groups excluding tert-OH is 1. The molecule has 3 atom stereocenters. The van der Waals surface area contributed by atoms with Gasteiger partial charge in [0.2, 0.25) is 0 Å². The minimum Gasteiger partial charge on any atom is -0.393 e. The fraction of sp³-hybridized carbons (Fsp3) is 1.00. The maximum Gasteiger partial charge on any atom is 0.139 e. The lowest BCUT2D eigenvalue weighted by Gasteiger charge is -2.25. The molecule has 0 radical (unpaired) electrons. The first-order valence-electron chi connectivity index (χ1n) is 3.63. The van der Waals surface area contributed by atoms with Crippen LogP contribution in [0.1, 0.15) is 13.3 Å². The largest absolute Gasteiger partial charge is 0.393 e. The topological polar surface area (TPSA) is 55.5 Å². The van der Waals surface area contributed by atoms with Gasteiger partial charge in [-0.15, -0.1) is 0 Å². The van der Waals surface area contributed by atoms with Gasteiger partial charge < -0.3 is 15.6 Å². The van der Waals surface area contributed by atoms with E-state index in [1.807, 2.05) is 14.8 Å². The normalized spacial score (nSPS) is 47.9. The Morgan fingerprint density at radius 3 is 2.70 bits per heavy atom. The Bertz CT molecular complexity index is 133. The van der Waals surface area contributed by atoms with Gasteiger partial charge in [-0.1, -0.05) is 0 Å². The van der Waals surface area contributed by atoms with E-state index in [0.29, 0.717) is 0 Å². The molecule has 0 saturated carbocycles. The molecule has 58 valence electrons. The summed E-state index contributed by atoms with van der Waals surface area (Å²) in [6.45, 7) is 1.86. The Labute approximate surface area is 62.0 Å². The Morgan fingerprint density at radius 2 is 2.50 bits per heavy atom. The van der Waals surface area contributed by atoms with Crippen LogP contribution in [0, 0.1) is 0 Å². The average molecular weight is 143 g/mol. The van der Waals surface area contributed by atoms with Gasteiger partial charge in [0.25, 0.3) is 0 Å². The molecule has 0 bridgehead atoms. The van der Waals surface area contributed by atoms with E-state index in [0.717, 1.165) is 6.42 Å². The Hall–Kier alpha value is -0.0551. The fourth-order valence-corrected chi connectivity index (χ4v) is 1.36. The van der Waals surface area contributed by atoms with Crippen molar-refractivity contribution in [3.8, 4) is 0 Å². The number of hydrogen-bond acceptors (Lipinski definition) is 3. The molecule has 0 aromatic heterocycles. The van der Waals surface area contributed by atoms with Gasteiger partial charge in [-0.3, -0.25) is 0 Å². The van der Waals surface area contributed by atoms with Crippen molar-refractivity contribution < 1.29 is 9.84 Å². The van der Waals surface area contributed by atoms with Gasteiger partial charge in [-0.25, -0.2) is 0 Å². The van der Waals surface area contributed by atoms with Crippen LogP contribution in [0.25, 0.3) is 0 Å². The molecule has 4 heteroatoms. The molecule has 1 aliphatic heterocycles. The summed E-state index contributed by atoms with van der Waals surface area (Å²) >= 11 is 0. The number of rotatable bonds is 1. The highest BCUT2D eigenvalue weighted by atomic mass is 16.5. The molecule has 3 N–H and O–H groups in total. The van der Waals surface area contributed by atoms with Gasteiger partial charge in [-0.2, -0.15) is 0 Å². The second-order valence-electron chi connectivity index (χ2n) is 3.24. The third-order valence-electron chi connectivity index (χ3n) is 2.15. The van der Waals surface area contributed by atoms with Crippen molar-refractivity contribution in [2.24, 2.45) is 5.73 Å². The third kappa shape index (κ3) is 1.19. The van der Waals surface area contributed by atoms with Crippen LogP contribution in [-0.2, 0) is 4.74 Å². The quantitative estimate of drug-likeness (QED) is 0.436. The molecule has 0 spiro atoms. The van der Waals surface area contributed by atoms with Crippen molar-refractivity contribution in [3.05, 3.63) is 0 Å². The number of nitrogens with two attached hydrogens (primary N) is 1. The van der Waals surface area contributed by atoms with E-state index >= 15 is 0 Å². The Balaban J connectivity index is 2.61.